The SMILES string of the molecule is Cc1cc2c(NCCCN3CCOCC3)nc(N)nc2s1. The van der Waals surface area contributed by atoms with Crippen molar-refractivity contribution in [2.75, 3.05) is 50.4 Å². The molecule has 2 aromatic heterocycles. The average Bonchev–Trinajstić information content (AvgIpc) is 2.84. The Balaban J connectivity index is 1.57. The fourth-order valence-electron chi connectivity index (χ4n) is 2.53. The van der Waals surface area contributed by atoms with Crippen LogP contribution in [0.2, 0.25) is 0 Å². The van der Waals surface area contributed by atoms with E-state index in [-0.39, 0.29) is 0 Å². The van der Waals surface area contributed by atoms with Gasteiger partial charge in [0, 0.05) is 24.5 Å². The average molecular weight is 307 g/mol. The molecule has 0 bridgehead atoms. The number of nitrogens with two attached hydrogens (primary N) is 1. The number of nitrogens with zero attached hydrogens (tertiary/aromatic N) is 3. The number of morpholine rings is 1. The maximum atomic E-state index is 5.78. The first-order valence-electron chi connectivity index (χ1n) is 7.30. The lowest BCUT2D eigenvalue weighted by Gasteiger charge is -2.26. The summed E-state index contributed by atoms with van der Waals surface area (Å²) in [6.45, 7) is 7.82. The third kappa shape index (κ3) is 3.61. The van der Waals surface area contributed by atoms with Crippen LogP contribution in [0.15, 0.2) is 6.07 Å². The highest BCUT2D eigenvalue weighted by molar-refractivity contribution is 7.18. The molecule has 3 rings (SSSR count). The zero-order valence-electron chi connectivity index (χ0n) is 12.3. The number of aryl methyl sites for hydroxylation is 1. The lowest BCUT2D eigenvalue weighted by atomic mass is 10.3. The molecule has 6 nitrogen and oxygen atoms in total. The molecule has 0 aliphatic carbocycles. The molecule has 3 N–H and O–H groups in total. The summed E-state index contributed by atoms with van der Waals surface area (Å²) >= 11 is 1.65. The number of ether oxygens (including phenoxy) is 1. The van der Waals surface area contributed by atoms with Gasteiger partial charge in [0.05, 0.1) is 18.6 Å². The van der Waals surface area contributed by atoms with E-state index in [1.165, 1.54) is 4.88 Å². The van der Waals surface area contributed by atoms with Crippen LogP contribution in [0.25, 0.3) is 10.2 Å². The first-order chi connectivity index (χ1) is 10.2. The predicted molar refractivity (Wildman–Crippen MR) is 86.9 cm³/mol. The highest BCUT2D eigenvalue weighted by Crippen LogP contribution is 2.28. The number of fused-ring (bicyclic) bond motifs is 1. The largest absolute Gasteiger partial charge is 0.379 e. The van der Waals surface area contributed by atoms with E-state index >= 15 is 0 Å². The highest BCUT2D eigenvalue weighted by atomic mass is 32.1. The molecular formula is C14H21N5OS. The smallest absolute Gasteiger partial charge is 0.223 e. The fourth-order valence-corrected chi connectivity index (χ4v) is 3.41. The van der Waals surface area contributed by atoms with Crippen LogP contribution in [0.5, 0.6) is 0 Å². The van der Waals surface area contributed by atoms with Gasteiger partial charge in [0.2, 0.25) is 5.95 Å². The molecule has 0 aromatic carbocycles. The molecule has 0 atom stereocenters. The van der Waals surface area contributed by atoms with Crippen molar-refractivity contribution in [3.8, 4) is 0 Å². The molecule has 1 aliphatic rings. The Morgan fingerprint density at radius 2 is 2.19 bits per heavy atom. The molecule has 114 valence electrons. The summed E-state index contributed by atoms with van der Waals surface area (Å²) in [7, 11) is 0. The van der Waals surface area contributed by atoms with Gasteiger partial charge < -0.3 is 15.8 Å². The van der Waals surface area contributed by atoms with Crippen molar-refractivity contribution in [3.05, 3.63) is 10.9 Å². The summed E-state index contributed by atoms with van der Waals surface area (Å²) in [5, 5.41) is 4.47. The Bertz CT molecular complexity index is 609. The molecule has 3 heterocycles. The topological polar surface area (TPSA) is 76.3 Å². The van der Waals surface area contributed by atoms with E-state index in [9.17, 15) is 0 Å². The second-order valence-electron chi connectivity index (χ2n) is 5.24. The maximum absolute atomic E-state index is 5.78. The van der Waals surface area contributed by atoms with E-state index < -0.39 is 0 Å². The maximum Gasteiger partial charge on any atom is 0.223 e. The summed E-state index contributed by atoms with van der Waals surface area (Å²) in [6.07, 6.45) is 1.08. The number of anilines is 2. The third-order valence-electron chi connectivity index (χ3n) is 3.58. The van der Waals surface area contributed by atoms with Crippen molar-refractivity contribution in [3.63, 3.8) is 0 Å². The number of nitrogen functional groups attached to an aromatic ring is 1. The minimum Gasteiger partial charge on any atom is -0.379 e. The Kier molecular flexibility index (Phi) is 4.52. The van der Waals surface area contributed by atoms with E-state index in [2.05, 4.69) is 33.2 Å². The third-order valence-corrected chi connectivity index (χ3v) is 4.52. The van der Waals surface area contributed by atoms with Crippen molar-refractivity contribution < 1.29 is 4.74 Å². The van der Waals surface area contributed by atoms with E-state index in [0.717, 1.165) is 61.8 Å². The van der Waals surface area contributed by atoms with Gasteiger partial charge in [-0.15, -0.1) is 11.3 Å². The summed E-state index contributed by atoms with van der Waals surface area (Å²) in [5.41, 5.74) is 5.78. The summed E-state index contributed by atoms with van der Waals surface area (Å²) in [4.78, 5) is 13.2. The molecule has 1 aliphatic heterocycles. The Labute approximate surface area is 128 Å². The lowest BCUT2D eigenvalue weighted by Crippen LogP contribution is -2.37. The van der Waals surface area contributed by atoms with E-state index in [1.807, 2.05) is 0 Å². The van der Waals surface area contributed by atoms with Gasteiger partial charge in [-0.05, 0) is 26.0 Å². The molecule has 1 fully saturated rings. The van der Waals surface area contributed by atoms with Gasteiger partial charge in [-0.3, -0.25) is 4.90 Å². The number of rotatable bonds is 5. The summed E-state index contributed by atoms with van der Waals surface area (Å²) < 4.78 is 5.35. The van der Waals surface area contributed by atoms with E-state index in [4.69, 9.17) is 10.5 Å². The van der Waals surface area contributed by atoms with Crippen molar-refractivity contribution in [2.24, 2.45) is 0 Å². The summed E-state index contributed by atoms with van der Waals surface area (Å²) in [5.74, 6) is 1.18. The standard InChI is InChI=1S/C14H21N5OS/c1-10-9-11-12(17-14(15)18-13(11)21-10)16-3-2-4-19-5-7-20-8-6-19/h9H,2-8H2,1H3,(H3,15,16,17,18). The van der Waals surface area contributed by atoms with Gasteiger partial charge in [-0.25, -0.2) is 4.98 Å². The van der Waals surface area contributed by atoms with Gasteiger partial charge in [0.1, 0.15) is 10.6 Å². The molecule has 7 heteroatoms. The van der Waals surface area contributed by atoms with Crippen molar-refractivity contribution >= 4 is 33.3 Å². The van der Waals surface area contributed by atoms with E-state index in [0.29, 0.717) is 5.95 Å². The fraction of sp³-hybridized carbons (Fsp3) is 0.571. The van der Waals surface area contributed by atoms with E-state index in [1.54, 1.807) is 11.3 Å². The summed E-state index contributed by atoms with van der Waals surface area (Å²) in [6, 6.07) is 2.11. The molecule has 0 spiro atoms. The van der Waals surface area contributed by atoms with Crippen LogP contribution < -0.4 is 11.1 Å². The number of thiophene rings is 1. The van der Waals surface area contributed by atoms with Crippen LogP contribution in [-0.4, -0.2) is 54.3 Å². The molecular weight excluding hydrogens is 286 g/mol. The Hall–Kier alpha value is -1.44. The number of hydrogen-bond acceptors (Lipinski definition) is 7. The minimum atomic E-state index is 0.333. The lowest BCUT2D eigenvalue weighted by molar-refractivity contribution is 0.0378. The molecule has 21 heavy (non-hydrogen) atoms. The Morgan fingerprint density at radius 3 is 3.00 bits per heavy atom. The van der Waals surface area contributed by atoms with Crippen LogP contribution in [0, 0.1) is 6.92 Å². The molecule has 2 aromatic rings. The van der Waals surface area contributed by atoms with Crippen LogP contribution in [0.4, 0.5) is 11.8 Å². The Morgan fingerprint density at radius 1 is 1.38 bits per heavy atom. The van der Waals surface area contributed by atoms with Crippen LogP contribution >= 0.6 is 11.3 Å². The second-order valence-corrected chi connectivity index (χ2v) is 6.48. The van der Waals surface area contributed by atoms with Crippen molar-refractivity contribution in [2.45, 2.75) is 13.3 Å². The van der Waals surface area contributed by atoms with Crippen LogP contribution in [0.1, 0.15) is 11.3 Å². The normalized spacial score (nSPS) is 16.4. The van der Waals surface area contributed by atoms with Gasteiger partial charge >= 0.3 is 0 Å². The second kappa shape index (κ2) is 6.55. The molecule has 0 saturated carbocycles. The number of aromatic nitrogens is 2. The molecule has 1 saturated heterocycles. The van der Waals surface area contributed by atoms with Crippen LogP contribution in [0.3, 0.4) is 0 Å². The zero-order chi connectivity index (χ0) is 14.7. The molecule has 0 amide bonds. The van der Waals surface area contributed by atoms with Crippen molar-refractivity contribution in [1.29, 1.82) is 0 Å². The zero-order valence-corrected chi connectivity index (χ0v) is 13.1. The molecule has 0 radical (unpaired) electrons. The number of nitrogens with one attached hydrogen (secondary N) is 1. The first-order valence-corrected chi connectivity index (χ1v) is 8.11. The highest BCUT2D eigenvalue weighted by Gasteiger charge is 2.11. The minimum absolute atomic E-state index is 0.333. The number of hydrogen-bond donors (Lipinski definition) is 2. The quantitative estimate of drug-likeness (QED) is 0.819. The predicted octanol–water partition coefficient (Wildman–Crippen LogP) is 1.72. The monoisotopic (exact) mass is 307 g/mol. The van der Waals surface area contributed by atoms with Gasteiger partial charge in [0.25, 0.3) is 0 Å². The molecule has 0 unspecified atom stereocenters. The van der Waals surface area contributed by atoms with Gasteiger partial charge in [-0.2, -0.15) is 4.98 Å². The van der Waals surface area contributed by atoms with Gasteiger partial charge in [-0.1, -0.05) is 0 Å². The van der Waals surface area contributed by atoms with Gasteiger partial charge in [0.15, 0.2) is 0 Å². The first kappa shape index (κ1) is 14.5. The van der Waals surface area contributed by atoms with Crippen LogP contribution in [-0.2, 0) is 4.74 Å². The van der Waals surface area contributed by atoms with Crippen molar-refractivity contribution in [1.82, 2.24) is 14.9 Å².